The molecule has 0 fully saturated rings. The van der Waals surface area contributed by atoms with Crippen LogP contribution >= 0.6 is 23.2 Å². The van der Waals surface area contributed by atoms with Crippen LogP contribution in [-0.4, -0.2) is 22.0 Å². The van der Waals surface area contributed by atoms with E-state index in [9.17, 15) is 4.79 Å². The van der Waals surface area contributed by atoms with Crippen molar-refractivity contribution in [3.05, 3.63) is 0 Å². The summed E-state index contributed by atoms with van der Waals surface area (Å²) in [6.07, 6.45) is 0. The van der Waals surface area contributed by atoms with E-state index in [2.05, 4.69) is 0 Å². The molecule has 0 aromatic carbocycles. The number of carboxylic acids is 1. The summed E-state index contributed by atoms with van der Waals surface area (Å²) in [6.45, 7) is 0. The largest absolute Gasteiger partial charge is 0.480 e. The molecular weight excluding hydrogens is 153 g/mol. The fourth-order valence-corrected chi connectivity index (χ4v) is 0.323. The van der Waals surface area contributed by atoms with Gasteiger partial charge in [0.2, 0.25) is 0 Å². The topological polar surface area (TPSA) is 63.3 Å². The van der Waals surface area contributed by atoms with Crippen LogP contribution in [0, 0.1) is 0 Å². The minimum Gasteiger partial charge on any atom is -0.480 e. The van der Waals surface area contributed by atoms with Gasteiger partial charge in [-0.3, -0.25) is 4.79 Å². The van der Waals surface area contributed by atoms with Gasteiger partial charge in [-0.1, -0.05) is 0 Å². The van der Waals surface area contributed by atoms with Gasteiger partial charge in [-0.15, -0.1) is 23.2 Å². The van der Waals surface area contributed by atoms with Gasteiger partial charge in [0.05, 0.1) is 0 Å². The molecule has 0 radical (unpaired) electrons. The summed E-state index contributed by atoms with van der Waals surface area (Å²) >= 11 is 10.2. The first-order valence-corrected chi connectivity index (χ1v) is 2.69. The summed E-state index contributed by atoms with van der Waals surface area (Å²) in [5.74, 6) is -1.19. The van der Waals surface area contributed by atoms with Gasteiger partial charge in [-0.2, -0.15) is 0 Å². The van der Waals surface area contributed by atoms with Crippen LogP contribution in [0.3, 0.4) is 0 Å². The maximum absolute atomic E-state index is 9.85. The molecule has 0 amide bonds. The molecule has 0 aromatic rings. The zero-order valence-electron chi connectivity index (χ0n) is 3.84. The van der Waals surface area contributed by atoms with E-state index in [-0.39, 0.29) is 0 Å². The third-order valence-corrected chi connectivity index (χ3v) is 1.10. The molecule has 0 heterocycles. The molecule has 0 saturated carbocycles. The van der Waals surface area contributed by atoms with Crippen molar-refractivity contribution in [1.82, 2.24) is 0 Å². The third kappa shape index (κ3) is 2.35. The molecule has 1 atom stereocenters. The van der Waals surface area contributed by atoms with Crippen LogP contribution < -0.4 is 5.73 Å². The number of carboxylic acid groups (broad SMARTS) is 1. The Bertz CT molecular complexity index is 95.3. The van der Waals surface area contributed by atoms with Gasteiger partial charge in [0.25, 0.3) is 0 Å². The van der Waals surface area contributed by atoms with Crippen molar-refractivity contribution in [2.24, 2.45) is 5.73 Å². The average Bonchev–Trinajstić information content (AvgIpc) is 1.64. The Morgan fingerprint density at radius 2 is 2.00 bits per heavy atom. The molecule has 0 aromatic heterocycles. The number of hydrogen-bond donors (Lipinski definition) is 2. The number of nitrogens with two attached hydrogens (primary N) is 1. The van der Waals surface area contributed by atoms with Crippen LogP contribution in [-0.2, 0) is 4.79 Å². The van der Waals surface area contributed by atoms with Crippen LogP contribution in [0.4, 0.5) is 0 Å². The molecule has 8 heavy (non-hydrogen) atoms. The number of rotatable bonds is 2. The van der Waals surface area contributed by atoms with Crippen LogP contribution in [0.1, 0.15) is 0 Å². The molecule has 3 N–H and O–H groups in total. The number of halogens is 2. The number of alkyl halides is 2. The van der Waals surface area contributed by atoms with Gasteiger partial charge >= 0.3 is 5.97 Å². The summed E-state index contributed by atoms with van der Waals surface area (Å²) in [7, 11) is 0. The third-order valence-electron chi connectivity index (χ3n) is 0.557. The van der Waals surface area contributed by atoms with Crippen LogP contribution in [0.5, 0.6) is 0 Å². The Morgan fingerprint density at radius 3 is 2.00 bits per heavy atom. The second kappa shape index (κ2) is 3.12. The van der Waals surface area contributed by atoms with Crippen molar-refractivity contribution < 1.29 is 9.90 Å². The molecule has 3 nitrogen and oxygen atoms in total. The lowest BCUT2D eigenvalue weighted by Gasteiger charge is -2.03. The quantitative estimate of drug-likeness (QED) is 0.564. The van der Waals surface area contributed by atoms with E-state index in [1.54, 1.807) is 0 Å². The fourth-order valence-electron chi connectivity index (χ4n) is 0.108. The van der Waals surface area contributed by atoms with Gasteiger partial charge in [0, 0.05) is 0 Å². The van der Waals surface area contributed by atoms with Gasteiger partial charge in [-0.25, -0.2) is 0 Å². The van der Waals surface area contributed by atoms with E-state index in [0.29, 0.717) is 0 Å². The molecule has 0 bridgehead atoms. The van der Waals surface area contributed by atoms with Crippen LogP contribution in [0.15, 0.2) is 0 Å². The molecule has 0 aliphatic carbocycles. The van der Waals surface area contributed by atoms with E-state index in [1.807, 2.05) is 0 Å². The fraction of sp³-hybridized carbons (Fsp3) is 0.667. The maximum Gasteiger partial charge on any atom is 0.323 e. The Labute approximate surface area is 56.4 Å². The van der Waals surface area contributed by atoms with Crippen LogP contribution in [0.2, 0.25) is 0 Å². The highest BCUT2D eigenvalue weighted by Gasteiger charge is 2.18. The minimum absolute atomic E-state index is 1.03. The zero-order valence-corrected chi connectivity index (χ0v) is 5.36. The lowest BCUT2D eigenvalue weighted by atomic mass is 10.4. The smallest absolute Gasteiger partial charge is 0.323 e. The monoisotopic (exact) mass is 157 g/mol. The average molecular weight is 158 g/mol. The molecule has 0 unspecified atom stereocenters. The Kier molecular flexibility index (Phi) is 3.12. The predicted molar refractivity (Wildman–Crippen MR) is 31.1 cm³/mol. The highest BCUT2D eigenvalue weighted by molar-refractivity contribution is 6.45. The summed E-state index contributed by atoms with van der Waals surface area (Å²) in [5, 5.41) is 8.06. The minimum atomic E-state index is -1.19. The second-order valence-corrected chi connectivity index (χ2v) is 2.36. The normalized spacial score (nSPS) is 14.0. The van der Waals surface area contributed by atoms with Gasteiger partial charge in [0.1, 0.15) is 10.9 Å². The van der Waals surface area contributed by atoms with Crippen molar-refractivity contribution in [2.75, 3.05) is 0 Å². The maximum atomic E-state index is 9.85. The van der Waals surface area contributed by atoms with Crippen molar-refractivity contribution in [2.45, 2.75) is 10.9 Å². The number of hydrogen-bond acceptors (Lipinski definition) is 2. The predicted octanol–water partition coefficient (Wildman–Crippen LogP) is 0.202. The second-order valence-electron chi connectivity index (χ2n) is 1.20. The van der Waals surface area contributed by atoms with E-state index < -0.39 is 16.8 Å². The lowest BCUT2D eigenvalue weighted by molar-refractivity contribution is -0.138. The summed E-state index contributed by atoms with van der Waals surface area (Å²) < 4.78 is 0. The first-order valence-electron chi connectivity index (χ1n) is 1.82. The molecule has 48 valence electrons. The van der Waals surface area contributed by atoms with Crippen molar-refractivity contribution >= 4 is 29.2 Å². The van der Waals surface area contributed by atoms with Crippen molar-refractivity contribution in [1.29, 1.82) is 0 Å². The molecule has 5 heteroatoms. The van der Waals surface area contributed by atoms with E-state index >= 15 is 0 Å². The van der Waals surface area contributed by atoms with Crippen molar-refractivity contribution in [3.63, 3.8) is 0 Å². The van der Waals surface area contributed by atoms with Crippen LogP contribution in [0.25, 0.3) is 0 Å². The van der Waals surface area contributed by atoms with Gasteiger partial charge in [-0.05, 0) is 0 Å². The standard InChI is InChI=1S/C3H5Cl2NO2/c4-2(5)1(6)3(7)8/h1-2H,6H2,(H,7,8)/t1-/m0/s1. The van der Waals surface area contributed by atoms with Gasteiger partial charge in [0.15, 0.2) is 0 Å². The van der Waals surface area contributed by atoms with E-state index in [0.717, 1.165) is 0 Å². The molecule has 0 aliphatic heterocycles. The summed E-state index contributed by atoms with van der Waals surface area (Å²) in [4.78, 5) is 8.81. The Hall–Kier alpha value is 0.01000. The highest BCUT2D eigenvalue weighted by atomic mass is 35.5. The first-order chi connectivity index (χ1) is 3.55. The lowest BCUT2D eigenvalue weighted by Crippen LogP contribution is -2.35. The summed E-state index contributed by atoms with van der Waals surface area (Å²) in [5.41, 5.74) is 4.90. The van der Waals surface area contributed by atoms with Crippen molar-refractivity contribution in [3.8, 4) is 0 Å². The summed E-state index contributed by atoms with van der Waals surface area (Å²) in [6, 6.07) is -1.18. The number of aliphatic carboxylic acids is 1. The van der Waals surface area contributed by atoms with Gasteiger partial charge < -0.3 is 10.8 Å². The highest BCUT2D eigenvalue weighted by Crippen LogP contribution is 2.04. The van der Waals surface area contributed by atoms with E-state index in [4.69, 9.17) is 34.0 Å². The molecule has 0 saturated heterocycles. The molecule has 0 aliphatic rings. The van der Waals surface area contributed by atoms with E-state index in [1.165, 1.54) is 0 Å². The Balaban J connectivity index is 3.64. The molecule has 0 rings (SSSR count). The Morgan fingerprint density at radius 1 is 1.62 bits per heavy atom. The molecule has 0 spiro atoms. The first kappa shape index (κ1) is 8.01. The zero-order chi connectivity index (χ0) is 6.73. The number of carbonyl (C=O) groups is 1. The molecular formula is C3H5Cl2NO2. The SMILES string of the molecule is N[C@H](C(=O)O)C(Cl)Cl.